The van der Waals surface area contributed by atoms with Crippen molar-refractivity contribution in [2.75, 3.05) is 0 Å². The molecule has 2 heterocycles. The summed E-state index contributed by atoms with van der Waals surface area (Å²) in [6.45, 7) is 1.75. The average molecular weight is 332 g/mol. The molecule has 6 nitrogen and oxygen atoms in total. The normalized spacial score (nSPS) is 19.3. The Bertz CT molecular complexity index is 1050. The zero-order valence-electron chi connectivity index (χ0n) is 13.2. The number of rotatable bonds is 1. The highest BCUT2D eigenvalue weighted by Crippen LogP contribution is 2.44. The van der Waals surface area contributed by atoms with E-state index in [-0.39, 0.29) is 39.7 Å². The number of ketones is 2. The van der Waals surface area contributed by atoms with E-state index in [9.17, 15) is 14.9 Å². The van der Waals surface area contributed by atoms with E-state index in [0.717, 1.165) is 0 Å². The Morgan fingerprint density at radius 2 is 1.76 bits per heavy atom. The number of hydrogen-bond donors (Lipinski definition) is 1. The second-order valence-electron chi connectivity index (χ2n) is 5.82. The molecule has 2 N–H and O–H groups in total. The Morgan fingerprint density at radius 1 is 1.08 bits per heavy atom. The number of aryl methyl sites for hydroxylation is 1. The maximum atomic E-state index is 13.1. The van der Waals surface area contributed by atoms with Gasteiger partial charge in [-0.25, -0.2) is 0 Å². The molecule has 2 aromatic rings. The number of Topliss-reactive ketones (excluding diaryl/α,β-unsaturated/α-hetero) is 2. The van der Waals surface area contributed by atoms with Crippen molar-refractivity contribution in [2.45, 2.75) is 12.8 Å². The van der Waals surface area contributed by atoms with Gasteiger partial charge in [0.05, 0.1) is 11.5 Å². The molecule has 0 saturated heterocycles. The van der Waals surface area contributed by atoms with Crippen molar-refractivity contribution >= 4 is 11.6 Å². The van der Waals surface area contributed by atoms with E-state index in [1.807, 2.05) is 6.07 Å². The van der Waals surface area contributed by atoms with Crippen LogP contribution in [0, 0.1) is 18.3 Å². The molecule has 25 heavy (non-hydrogen) atoms. The lowest BCUT2D eigenvalue weighted by Gasteiger charge is -2.29. The van der Waals surface area contributed by atoms with Crippen LogP contribution in [0.5, 0.6) is 0 Å². The molecule has 0 saturated carbocycles. The van der Waals surface area contributed by atoms with Gasteiger partial charge in [-0.3, -0.25) is 9.59 Å². The smallest absolute Gasteiger partial charge is 0.229 e. The second-order valence-corrected chi connectivity index (χ2v) is 5.82. The van der Waals surface area contributed by atoms with Crippen molar-refractivity contribution in [3.63, 3.8) is 0 Å². The van der Waals surface area contributed by atoms with Crippen LogP contribution >= 0.6 is 0 Å². The molecule has 2 aliphatic rings. The van der Waals surface area contributed by atoms with Gasteiger partial charge in [0.15, 0.2) is 11.5 Å². The quantitative estimate of drug-likeness (QED) is 0.860. The van der Waals surface area contributed by atoms with E-state index in [1.165, 1.54) is 0 Å². The zero-order valence-corrected chi connectivity index (χ0v) is 13.2. The number of nitrogens with two attached hydrogens (primary N) is 1. The summed E-state index contributed by atoms with van der Waals surface area (Å²) in [6.07, 6.45) is 0. The van der Waals surface area contributed by atoms with Gasteiger partial charge in [0.25, 0.3) is 0 Å². The highest BCUT2D eigenvalue weighted by Gasteiger charge is 2.44. The Balaban J connectivity index is 1.98. The summed E-state index contributed by atoms with van der Waals surface area (Å²) in [6, 6.07) is 11.9. The fraction of sp³-hybridized carbons (Fsp3) is 0.105. The van der Waals surface area contributed by atoms with Gasteiger partial charge in [-0.2, -0.15) is 5.26 Å². The van der Waals surface area contributed by atoms with Crippen molar-refractivity contribution < 1.29 is 18.7 Å². The fourth-order valence-electron chi connectivity index (χ4n) is 3.20. The number of hydrogen-bond acceptors (Lipinski definition) is 6. The zero-order chi connectivity index (χ0) is 17.7. The molecule has 6 heteroatoms. The number of benzene rings is 1. The summed E-state index contributed by atoms with van der Waals surface area (Å²) >= 11 is 0. The molecule has 0 bridgehead atoms. The van der Waals surface area contributed by atoms with Crippen LogP contribution < -0.4 is 5.73 Å². The molecule has 4 rings (SSSR count). The minimum Gasteiger partial charge on any atom is -0.465 e. The summed E-state index contributed by atoms with van der Waals surface area (Å²) in [4.78, 5) is 25.8. The predicted octanol–water partition coefficient (Wildman–Crippen LogP) is 2.73. The van der Waals surface area contributed by atoms with E-state index >= 15 is 0 Å². The van der Waals surface area contributed by atoms with Gasteiger partial charge in [-0.1, -0.05) is 24.3 Å². The number of ether oxygens (including phenoxy) is 1. The third kappa shape index (κ3) is 2.03. The van der Waals surface area contributed by atoms with Gasteiger partial charge in [0, 0.05) is 11.1 Å². The Labute approximate surface area is 142 Å². The van der Waals surface area contributed by atoms with Gasteiger partial charge in [-0.15, -0.1) is 0 Å². The van der Waals surface area contributed by atoms with Crippen LogP contribution in [0.2, 0.25) is 0 Å². The Morgan fingerprint density at radius 3 is 2.36 bits per heavy atom. The number of allylic oxidation sites excluding steroid dienone is 3. The third-order valence-electron chi connectivity index (χ3n) is 4.33. The minimum absolute atomic E-state index is 0.0497. The molecule has 1 atom stereocenters. The number of carbonyl (C=O) groups is 2. The van der Waals surface area contributed by atoms with E-state index in [0.29, 0.717) is 11.5 Å². The van der Waals surface area contributed by atoms with Crippen LogP contribution in [0.3, 0.4) is 0 Å². The first-order valence-corrected chi connectivity index (χ1v) is 7.59. The van der Waals surface area contributed by atoms with Crippen LogP contribution in [-0.4, -0.2) is 11.6 Å². The van der Waals surface area contributed by atoms with E-state index in [4.69, 9.17) is 14.9 Å². The predicted molar refractivity (Wildman–Crippen MR) is 86.2 cm³/mol. The molecule has 0 spiro atoms. The first-order valence-electron chi connectivity index (χ1n) is 7.59. The maximum absolute atomic E-state index is 13.1. The molecule has 0 unspecified atom stereocenters. The Kier molecular flexibility index (Phi) is 3.12. The summed E-state index contributed by atoms with van der Waals surface area (Å²) in [5.74, 6) is -1.02. The van der Waals surface area contributed by atoms with Crippen LogP contribution in [0.15, 0.2) is 63.6 Å². The van der Waals surface area contributed by atoms with Crippen molar-refractivity contribution in [3.8, 4) is 6.07 Å². The number of fused-ring (bicyclic) bond motifs is 1. The van der Waals surface area contributed by atoms with Crippen molar-refractivity contribution in [2.24, 2.45) is 5.73 Å². The minimum atomic E-state index is -0.868. The lowest BCUT2D eigenvalue weighted by atomic mass is 9.77. The Hall–Kier alpha value is -3.59. The van der Waals surface area contributed by atoms with E-state index in [2.05, 4.69) is 0 Å². The second kappa shape index (κ2) is 5.21. The van der Waals surface area contributed by atoms with Crippen molar-refractivity contribution in [3.05, 3.63) is 81.8 Å². The lowest BCUT2D eigenvalue weighted by molar-refractivity contribution is 0.0895. The number of nitriles is 1. The highest BCUT2D eigenvalue weighted by molar-refractivity contribution is 6.27. The number of furan rings is 1. The average Bonchev–Trinajstić information content (AvgIpc) is 3.04. The monoisotopic (exact) mass is 332 g/mol. The number of nitrogens with zero attached hydrogens (tertiary/aromatic N) is 1. The molecule has 122 valence electrons. The number of carbonyl (C=O) groups excluding carboxylic acids is 2. The van der Waals surface area contributed by atoms with Gasteiger partial charge in [0.2, 0.25) is 11.7 Å². The molecular formula is C19H12N2O4. The van der Waals surface area contributed by atoms with Crippen molar-refractivity contribution in [1.82, 2.24) is 0 Å². The van der Waals surface area contributed by atoms with Gasteiger partial charge in [-0.05, 0) is 19.1 Å². The first-order chi connectivity index (χ1) is 12.0. The standard InChI is InChI=1S/C19H12N2O4/c1-9-6-7-13(24-9)14-12(8-20)19(21)25-18-15(14)16(22)10-4-2-3-5-11(10)17(18)23/h2-7,14H,21H2,1H3/t14-/m0/s1. The van der Waals surface area contributed by atoms with Crippen LogP contribution in [0.1, 0.15) is 38.2 Å². The molecular weight excluding hydrogens is 320 g/mol. The molecule has 0 radical (unpaired) electrons. The summed E-state index contributed by atoms with van der Waals surface area (Å²) in [5.41, 5.74) is 6.53. The third-order valence-corrected chi connectivity index (χ3v) is 4.33. The van der Waals surface area contributed by atoms with Gasteiger partial charge >= 0.3 is 0 Å². The molecule has 1 aromatic heterocycles. The van der Waals surface area contributed by atoms with E-state index < -0.39 is 11.7 Å². The topological polar surface area (TPSA) is 106 Å². The van der Waals surface area contributed by atoms with Crippen LogP contribution in [0.25, 0.3) is 0 Å². The molecule has 1 aliphatic carbocycles. The van der Waals surface area contributed by atoms with Crippen molar-refractivity contribution in [1.29, 1.82) is 5.26 Å². The lowest BCUT2D eigenvalue weighted by Crippen LogP contribution is -2.32. The van der Waals surface area contributed by atoms with Crippen LogP contribution in [-0.2, 0) is 4.74 Å². The highest BCUT2D eigenvalue weighted by atomic mass is 16.5. The van der Waals surface area contributed by atoms with E-state index in [1.54, 1.807) is 43.3 Å². The largest absolute Gasteiger partial charge is 0.465 e. The summed E-state index contributed by atoms with van der Waals surface area (Å²) in [5, 5.41) is 9.51. The fourth-order valence-corrected chi connectivity index (χ4v) is 3.20. The molecule has 0 fully saturated rings. The summed E-state index contributed by atoms with van der Waals surface area (Å²) in [7, 11) is 0. The molecule has 1 aromatic carbocycles. The van der Waals surface area contributed by atoms with Crippen LogP contribution in [0.4, 0.5) is 0 Å². The SMILES string of the molecule is Cc1ccc([C@@H]2C(C#N)=C(N)OC3=C2C(=O)c2ccccc2C3=O)o1. The molecule has 0 amide bonds. The van der Waals surface area contributed by atoms with Gasteiger partial charge in [0.1, 0.15) is 23.2 Å². The first kappa shape index (κ1) is 15.0. The molecule has 1 aliphatic heterocycles. The van der Waals surface area contributed by atoms with Gasteiger partial charge < -0.3 is 14.9 Å². The maximum Gasteiger partial charge on any atom is 0.229 e. The summed E-state index contributed by atoms with van der Waals surface area (Å²) < 4.78 is 11.0.